The lowest BCUT2D eigenvalue weighted by molar-refractivity contribution is 0.0963. The van der Waals surface area contributed by atoms with Gasteiger partial charge in [0.1, 0.15) is 10.3 Å². The smallest absolute Gasteiger partial charge is 0.254 e. The second-order valence-corrected chi connectivity index (χ2v) is 3.30. The average Bonchev–Trinajstić information content (AvgIpc) is 2.10. The fraction of sp³-hybridized carbons (Fsp3) is 0.143. The van der Waals surface area contributed by atoms with Crippen molar-refractivity contribution in [3.63, 3.8) is 0 Å². The first-order valence-corrected chi connectivity index (χ1v) is 4.43. The molecule has 13 heavy (non-hydrogen) atoms. The molecule has 0 aliphatic carbocycles. The number of amides is 1. The minimum Gasteiger partial charge on any atom is -0.355 e. The molecule has 0 radical (unpaired) electrons. The van der Waals surface area contributed by atoms with E-state index in [2.05, 4.69) is 10.3 Å². The molecule has 0 aromatic carbocycles. The molecular formula is C7H5Cl3N2O. The Labute approximate surface area is 90.0 Å². The molecule has 0 aliphatic heterocycles. The van der Waals surface area contributed by atoms with Crippen LogP contribution in [0, 0.1) is 0 Å². The van der Waals surface area contributed by atoms with E-state index in [1.165, 1.54) is 13.1 Å². The van der Waals surface area contributed by atoms with Gasteiger partial charge in [-0.1, -0.05) is 34.8 Å². The zero-order valence-electron chi connectivity index (χ0n) is 6.57. The molecule has 1 amide bonds. The largest absolute Gasteiger partial charge is 0.355 e. The molecular weight excluding hydrogens is 234 g/mol. The van der Waals surface area contributed by atoms with Crippen LogP contribution in [0.25, 0.3) is 0 Å². The van der Waals surface area contributed by atoms with Crippen LogP contribution in [0.15, 0.2) is 6.07 Å². The fourth-order valence-electron chi connectivity index (χ4n) is 0.740. The maximum atomic E-state index is 11.2. The van der Waals surface area contributed by atoms with Crippen molar-refractivity contribution in [1.29, 1.82) is 0 Å². The number of nitrogens with one attached hydrogen (secondary N) is 1. The molecule has 1 aromatic heterocycles. The molecule has 1 rings (SSSR count). The Kier molecular flexibility index (Phi) is 3.36. The lowest BCUT2D eigenvalue weighted by Gasteiger charge is -2.03. The molecule has 0 aliphatic rings. The molecule has 1 heterocycles. The van der Waals surface area contributed by atoms with Crippen molar-refractivity contribution in [3.8, 4) is 0 Å². The first-order valence-electron chi connectivity index (χ1n) is 3.30. The average molecular weight is 239 g/mol. The van der Waals surface area contributed by atoms with Gasteiger partial charge in [0.2, 0.25) is 0 Å². The quantitative estimate of drug-likeness (QED) is 0.765. The highest BCUT2D eigenvalue weighted by atomic mass is 35.5. The minimum absolute atomic E-state index is 0.0359. The Hall–Kier alpha value is -0.510. The maximum Gasteiger partial charge on any atom is 0.254 e. The molecule has 0 unspecified atom stereocenters. The van der Waals surface area contributed by atoms with Crippen LogP contribution in [0.4, 0.5) is 0 Å². The van der Waals surface area contributed by atoms with Crippen molar-refractivity contribution in [2.45, 2.75) is 0 Å². The number of carbonyl (C=O) groups excluding carboxylic acids is 1. The van der Waals surface area contributed by atoms with E-state index in [4.69, 9.17) is 34.8 Å². The number of pyridine rings is 1. The van der Waals surface area contributed by atoms with Gasteiger partial charge in [-0.15, -0.1) is 0 Å². The molecule has 6 heteroatoms. The molecule has 1 N–H and O–H groups in total. The summed E-state index contributed by atoms with van der Waals surface area (Å²) in [6.45, 7) is 0. The Morgan fingerprint density at radius 2 is 2.00 bits per heavy atom. The molecule has 0 fully saturated rings. The Morgan fingerprint density at radius 3 is 2.54 bits per heavy atom. The normalized spacial score (nSPS) is 9.85. The zero-order valence-corrected chi connectivity index (χ0v) is 8.83. The van der Waals surface area contributed by atoms with E-state index >= 15 is 0 Å². The highest BCUT2D eigenvalue weighted by Crippen LogP contribution is 2.25. The highest BCUT2D eigenvalue weighted by molar-refractivity contribution is 6.42. The SMILES string of the molecule is CNC(=O)c1cc(Cl)c(Cl)nc1Cl. The number of halogens is 3. The Bertz CT molecular complexity index is 354. The van der Waals surface area contributed by atoms with Gasteiger partial charge < -0.3 is 5.32 Å². The van der Waals surface area contributed by atoms with E-state index in [0.717, 1.165) is 0 Å². The first kappa shape index (κ1) is 10.6. The van der Waals surface area contributed by atoms with Crippen LogP contribution in [0.1, 0.15) is 10.4 Å². The van der Waals surface area contributed by atoms with Crippen molar-refractivity contribution < 1.29 is 4.79 Å². The van der Waals surface area contributed by atoms with Gasteiger partial charge in [-0.25, -0.2) is 4.98 Å². The summed E-state index contributed by atoms with van der Waals surface area (Å²) in [6.07, 6.45) is 0. The summed E-state index contributed by atoms with van der Waals surface area (Å²) in [7, 11) is 1.49. The van der Waals surface area contributed by atoms with Crippen LogP contribution in [-0.4, -0.2) is 17.9 Å². The van der Waals surface area contributed by atoms with E-state index in [1.807, 2.05) is 0 Å². The molecule has 0 bridgehead atoms. The molecule has 1 aromatic rings. The van der Waals surface area contributed by atoms with Gasteiger partial charge in [0.05, 0.1) is 10.6 Å². The van der Waals surface area contributed by atoms with Gasteiger partial charge in [-0.2, -0.15) is 0 Å². The number of hydrogen-bond donors (Lipinski definition) is 1. The summed E-state index contributed by atoms with van der Waals surface area (Å²) in [6, 6.07) is 1.37. The van der Waals surface area contributed by atoms with Gasteiger partial charge in [0.15, 0.2) is 0 Å². The monoisotopic (exact) mass is 238 g/mol. The Morgan fingerprint density at radius 1 is 1.38 bits per heavy atom. The van der Waals surface area contributed by atoms with Crippen molar-refractivity contribution in [2.24, 2.45) is 0 Å². The van der Waals surface area contributed by atoms with Gasteiger partial charge in [0, 0.05) is 7.05 Å². The molecule has 0 saturated carbocycles. The summed E-state index contributed by atoms with van der Waals surface area (Å²) in [5.74, 6) is -0.351. The van der Waals surface area contributed by atoms with Crippen LogP contribution in [0.5, 0.6) is 0 Å². The third kappa shape index (κ3) is 2.24. The minimum atomic E-state index is -0.351. The molecule has 0 atom stereocenters. The van der Waals surface area contributed by atoms with Crippen LogP contribution in [-0.2, 0) is 0 Å². The van der Waals surface area contributed by atoms with E-state index in [-0.39, 0.29) is 26.8 Å². The van der Waals surface area contributed by atoms with Crippen LogP contribution in [0.2, 0.25) is 15.3 Å². The number of nitrogens with zero attached hydrogens (tertiary/aromatic N) is 1. The molecule has 0 saturated heterocycles. The standard InChI is InChI=1S/C7H5Cl3N2O/c1-11-7(13)3-2-4(8)6(10)12-5(3)9/h2H,1H3,(H,11,13). The van der Waals surface area contributed by atoms with Gasteiger partial charge in [0.25, 0.3) is 5.91 Å². The summed E-state index contributed by atoms with van der Waals surface area (Å²) in [5.41, 5.74) is 0.207. The molecule has 0 spiro atoms. The third-order valence-electron chi connectivity index (χ3n) is 1.36. The van der Waals surface area contributed by atoms with E-state index in [1.54, 1.807) is 0 Å². The van der Waals surface area contributed by atoms with Crippen molar-refractivity contribution in [3.05, 3.63) is 27.0 Å². The maximum absolute atomic E-state index is 11.2. The molecule has 3 nitrogen and oxygen atoms in total. The third-order valence-corrected chi connectivity index (χ3v) is 2.32. The predicted molar refractivity (Wildman–Crippen MR) is 52.7 cm³/mol. The lowest BCUT2D eigenvalue weighted by atomic mass is 10.3. The van der Waals surface area contributed by atoms with E-state index in [9.17, 15) is 4.79 Å². The summed E-state index contributed by atoms with van der Waals surface area (Å²) in [5, 5.41) is 2.72. The zero-order chi connectivity index (χ0) is 10.0. The van der Waals surface area contributed by atoms with Crippen LogP contribution in [0.3, 0.4) is 0 Å². The van der Waals surface area contributed by atoms with Gasteiger partial charge in [-0.05, 0) is 6.07 Å². The Balaban J connectivity index is 3.23. The van der Waals surface area contributed by atoms with Crippen LogP contribution >= 0.6 is 34.8 Å². The topological polar surface area (TPSA) is 42.0 Å². The lowest BCUT2D eigenvalue weighted by Crippen LogP contribution is -2.18. The summed E-state index contributed by atoms with van der Waals surface area (Å²) in [4.78, 5) is 14.8. The van der Waals surface area contributed by atoms with Crippen molar-refractivity contribution >= 4 is 40.7 Å². The van der Waals surface area contributed by atoms with Gasteiger partial charge in [-0.3, -0.25) is 4.79 Å². The first-order chi connectivity index (χ1) is 6.06. The number of carbonyl (C=O) groups is 1. The van der Waals surface area contributed by atoms with E-state index in [0.29, 0.717) is 0 Å². The number of rotatable bonds is 1. The molecule has 70 valence electrons. The highest BCUT2D eigenvalue weighted by Gasteiger charge is 2.12. The predicted octanol–water partition coefficient (Wildman–Crippen LogP) is 2.40. The fourth-order valence-corrected chi connectivity index (χ4v) is 1.30. The van der Waals surface area contributed by atoms with Crippen molar-refractivity contribution in [2.75, 3.05) is 7.05 Å². The summed E-state index contributed by atoms with van der Waals surface area (Å²) < 4.78 is 0. The summed E-state index contributed by atoms with van der Waals surface area (Å²) >= 11 is 16.9. The van der Waals surface area contributed by atoms with E-state index < -0.39 is 0 Å². The number of aromatic nitrogens is 1. The van der Waals surface area contributed by atoms with Gasteiger partial charge >= 0.3 is 0 Å². The number of hydrogen-bond acceptors (Lipinski definition) is 2. The second kappa shape index (κ2) is 4.13. The van der Waals surface area contributed by atoms with Crippen molar-refractivity contribution in [1.82, 2.24) is 10.3 Å². The second-order valence-electron chi connectivity index (χ2n) is 2.18. The van der Waals surface area contributed by atoms with Crippen LogP contribution < -0.4 is 5.32 Å².